The van der Waals surface area contributed by atoms with Crippen LogP contribution in [0, 0.1) is 0 Å². The van der Waals surface area contributed by atoms with Gasteiger partial charge in [-0.2, -0.15) is 0 Å². The van der Waals surface area contributed by atoms with Crippen LogP contribution in [0.15, 0.2) is 43.1 Å². The monoisotopic (exact) mass is 284 g/mol. The van der Waals surface area contributed by atoms with Gasteiger partial charge in [0.05, 0.1) is 0 Å². The Labute approximate surface area is 128 Å². The third-order valence-electron chi connectivity index (χ3n) is 3.92. The SMILES string of the molecule is C=CCCCCCn1cc(CNCCC)c2ccccc21. The normalized spacial score (nSPS) is 11.1. The predicted octanol–water partition coefficient (Wildman–Crippen LogP) is 4.89. The maximum Gasteiger partial charge on any atom is 0.0483 e. The van der Waals surface area contributed by atoms with E-state index in [9.17, 15) is 0 Å². The molecule has 114 valence electrons. The van der Waals surface area contributed by atoms with Crippen molar-refractivity contribution in [3.63, 3.8) is 0 Å². The van der Waals surface area contributed by atoms with Gasteiger partial charge in [0.25, 0.3) is 0 Å². The summed E-state index contributed by atoms with van der Waals surface area (Å²) in [6.07, 6.45) is 10.5. The van der Waals surface area contributed by atoms with Gasteiger partial charge < -0.3 is 9.88 Å². The lowest BCUT2D eigenvalue weighted by molar-refractivity contribution is 0.600. The van der Waals surface area contributed by atoms with Gasteiger partial charge >= 0.3 is 0 Å². The van der Waals surface area contributed by atoms with Crippen LogP contribution in [-0.4, -0.2) is 11.1 Å². The van der Waals surface area contributed by atoms with Crippen LogP contribution < -0.4 is 5.32 Å². The van der Waals surface area contributed by atoms with E-state index in [2.05, 4.69) is 53.8 Å². The number of aryl methyl sites for hydroxylation is 1. The van der Waals surface area contributed by atoms with E-state index in [-0.39, 0.29) is 0 Å². The smallest absolute Gasteiger partial charge is 0.0483 e. The van der Waals surface area contributed by atoms with Gasteiger partial charge in [-0.25, -0.2) is 0 Å². The van der Waals surface area contributed by atoms with Crippen molar-refractivity contribution in [2.24, 2.45) is 0 Å². The number of hydrogen-bond acceptors (Lipinski definition) is 1. The molecule has 0 saturated carbocycles. The number of nitrogens with one attached hydrogen (secondary N) is 1. The summed E-state index contributed by atoms with van der Waals surface area (Å²) < 4.78 is 2.42. The molecule has 1 N–H and O–H groups in total. The van der Waals surface area contributed by atoms with E-state index >= 15 is 0 Å². The molecule has 0 aliphatic rings. The van der Waals surface area contributed by atoms with Crippen LogP contribution in [0.4, 0.5) is 0 Å². The van der Waals surface area contributed by atoms with E-state index in [4.69, 9.17) is 0 Å². The van der Waals surface area contributed by atoms with Gasteiger partial charge in [0.2, 0.25) is 0 Å². The van der Waals surface area contributed by atoms with Gasteiger partial charge in [-0.15, -0.1) is 6.58 Å². The molecule has 0 fully saturated rings. The molecular formula is C19H28N2. The molecule has 2 rings (SSSR count). The fourth-order valence-corrected chi connectivity index (χ4v) is 2.80. The molecule has 1 aromatic heterocycles. The second kappa shape index (κ2) is 8.68. The molecule has 0 atom stereocenters. The van der Waals surface area contributed by atoms with Gasteiger partial charge in [0, 0.05) is 30.2 Å². The van der Waals surface area contributed by atoms with Crippen LogP contribution >= 0.6 is 0 Å². The summed E-state index contributed by atoms with van der Waals surface area (Å²) in [5, 5.41) is 4.91. The summed E-state index contributed by atoms with van der Waals surface area (Å²) >= 11 is 0. The number of fused-ring (bicyclic) bond motifs is 1. The highest BCUT2D eigenvalue weighted by Crippen LogP contribution is 2.22. The van der Waals surface area contributed by atoms with Gasteiger partial charge in [-0.1, -0.05) is 37.6 Å². The van der Waals surface area contributed by atoms with Crippen molar-refractivity contribution >= 4 is 10.9 Å². The maximum atomic E-state index is 3.78. The number of allylic oxidation sites excluding steroid dienone is 1. The maximum absolute atomic E-state index is 3.78. The number of nitrogens with zero attached hydrogens (tertiary/aromatic N) is 1. The number of aromatic nitrogens is 1. The zero-order valence-electron chi connectivity index (χ0n) is 13.3. The Bertz CT molecular complexity index is 554. The van der Waals surface area contributed by atoms with Gasteiger partial charge in [0.15, 0.2) is 0 Å². The van der Waals surface area contributed by atoms with Crippen molar-refractivity contribution in [2.75, 3.05) is 6.54 Å². The van der Waals surface area contributed by atoms with Gasteiger partial charge in [0.1, 0.15) is 0 Å². The summed E-state index contributed by atoms with van der Waals surface area (Å²) in [7, 11) is 0. The van der Waals surface area contributed by atoms with E-state index in [1.807, 2.05) is 6.08 Å². The third-order valence-corrected chi connectivity index (χ3v) is 3.92. The lowest BCUT2D eigenvalue weighted by atomic mass is 10.2. The lowest BCUT2D eigenvalue weighted by Gasteiger charge is -2.04. The van der Waals surface area contributed by atoms with E-state index in [1.165, 1.54) is 42.1 Å². The molecule has 0 aliphatic carbocycles. The Morgan fingerprint density at radius 2 is 2.05 bits per heavy atom. The first-order valence-corrected chi connectivity index (χ1v) is 8.25. The minimum atomic E-state index is 0.970. The zero-order chi connectivity index (χ0) is 14.9. The summed E-state index contributed by atoms with van der Waals surface area (Å²) in [6, 6.07) is 8.76. The topological polar surface area (TPSA) is 17.0 Å². The molecular weight excluding hydrogens is 256 g/mol. The van der Waals surface area contributed by atoms with Crippen LogP contribution in [0.1, 0.15) is 44.6 Å². The van der Waals surface area contributed by atoms with Crippen LogP contribution in [0.5, 0.6) is 0 Å². The average molecular weight is 284 g/mol. The lowest BCUT2D eigenvalue weighted by Crippen LogP contribution is -2.13. The first kappa shape index (κ1) is 15.8. The Hall–Kier alpha value is -1.54. The summed E-state index contributed by atoms with van der Waals surface area (Å²) in [5.74, 6) is 0. The summed E-state index contributed by atoms with van der Waals surface area (Å²) in [6.45, 7) is 9.16. The molecule has 0 spiro atoms. The number of rotatable bonds is 10. The highest BCUT2D eigenvalue weighted by atomic mass is 15.0. The fraction of sp³-hybridized carbons (Fsp3) is 0.474. The van der Waals surface area contributed by atoms with Crippen LogP contribution in [-0.2, 0) is 13.1 Å². The highest BCUT2D eigenvalue weighted by molar-refractivity contribution is 5.83. The van der Waals surface area contributed by atoms with E-state index in [1.54, 1.807) is 0 Å². The summed E-state index contributed by atoms with van der Waals surface area (Å²) in [4.78, 5) is 0. The Morgan fingerprint density at radius 3 is 2.86 bits per heavy atom. The second-order valence-corrected chi connectivity index (χ2v) is 5.68. The molecule has 2 heteroatoms. The van der Waals surface area contributed by atoms with Gasteiger partial charge in [-0.3, -0.25) is 0 Å². The number of unbranched alkanes of at least 4 members (excludes halogenated alkanes) is 3. The predicted molar refractivity (Wildman–Crippen MR) is 92.6 cm³/mol. The highest BCUT2D eigenvalue weighted by Gasteiger charge is 2.07. The Balaban J connectivity index is 2.02. The van der Waals surface area contributed by atoms with Crippen molar-refractivity contribution in [1.82, 2.24) is 9.88 Å². The van der Waals surface area contributed by atoms with Crippen LogP contribution in [0.25, 0.3) is 10.9 Å². The van der Waals surface area contributed by atoms with Crippen LogP contribution in [0.3, 0.4) is 0 Å². The van der Waals surface area contributed by atoms with Crippen molar-refractivity contribution in [1.29, 1.82) is 0 Å². The van der Waals surface area contributed by atoms with E-state index < -0.39 is 0 Å². The quantitative estimate of drug-likeness (QED) is 0.485. The van der Waals surface area contributed by atoms with Crippen LogP contribution in [0.2, 0.25) is 0 Å². The molecule has 2 nitrogen and oxygen atoms in total. The molecule has 2 aromatic rings. The minimum Gasteiger partial charge on any atom is -0.347 e. The molecule has 1 heterocycles. The number of benzene rings is 1. The van der Waals surface area contributed by atoms with Crippen molar-refractivity contribution in [3.05, 3.63) is 48.7 Å². The molecule has 0 saturated heterocycles. The van der Waals surface area contributed by atoms with E-state index in [0.29, 0.717) is 0 Å². The van der Waals surface area contributed by atoms with Crippen molar-refractivity contribution in [2.45, 2.75) is 52.1 Å². The Morgan fingerprint density at radius 1 is 1.19 bits per heavy atom. The average Bonchev–Trinajstić information content (AvgIpc) is 2.86. The summed E-state index contributed by atoms with van der Waals surface area (Å²) in [5.41, 5.74) is 2.79. The third kappa shape index (κ3) is 4.47. The molecule has 0 radical (unpaired) electrons. The largest absolute Gasteiger partial charge is 0.347 e. The molecule has 1 aromatic carbocycles. The van der Waals surface area contributed by atoms with E-state index in [0.717, 1.165) is 26.1 Å². The number of para-hydroxylation sites is 1. The minimum absolute atomic E-state index is 0.970. The second-order valence-electron chi connectivity index (χ2n) is 5.68. The standard InChI is InChI=1S/C19H28N2/c1-3-5-6-7-10-14-21-16-17(15-20-13-4-2)18-11-8-9-12-19(18)21/h3,8-9,11-12,16,20H,1,4-7,10,13-15H2,2H3. The first-order valence-electron chi connectivity index (χ1n) is 8.25. The van der Waals surface area contributed by atoms with Crippen molar-refractivity contribution < 1.29 is 0 Å². The molecule has 0 amide bonds. The van der Waals surface area contributed by atoms with Crippen molar-refractivity contribution in [3.8, 4) is 0 Å². The first-order chi connectivity index (χ1) is 10.4. The van der Waals surface area contributed by atoms with Gasteiger partial charge in [-0.05, 0) is 43.9 Å². The fourth-order valence-electron chi connectivity index (χ4n) is 2.80. The molecule has 0 bridgehead atoms. The molecule has 0 unspecified atom stereocenters. The zero-order valence-corrected chi connectivity index (χ0v) is 13.3. The molecule has 0 aliphatic heterocycles. The Kier molecular flexibility index (Phi) is 6.55. The molecule has 21 heavy (non-hydrogen) atoms. The number of hydrogen-bond donors (Lipinski definition) is 1.